The van der Waals surface area contributed by atoms with Crippen molar-refractivity contribution in [1.82, 2.24) is 0 Å². The summed E-state index contributed by atoms with van der Waals surface area (Å²) >= 11 is 11.9. The molecular weight excluding hydrogens is 431 g/mol. The van der Waals surface area contributed by atoms with Crippen molar-refractivity contribution in [3.63, 3.8) is 0 Å². The second-order valence-corrected chi connectivity index (χ2v) is 8.61. The van der Waals surface area contributed by atoms with Crippen LogP contribution in [0.1, 0.15) is 13.8 Å². The molecule has 0 saturated heterocycles. The molecule has 150 valence electrons. The minimum Gasteiger partial charge on any atom is -0.462 e. The van der Waals surface area contributed by atoms with Gasteiger partial charge in [0.15, 0.2) is 4.90 Å². The highest BCUT2D eigenvalue weighted by Crippen LogP contribution is 2.32. The van der Waals surface area contributed by atoms with Crippen molar-refractivity contribution in [3.05, 3.63) is 62.6 Å². The molecule has 0 aromatic heterocycles. The van der Waals surface area contributed by atoms with Crippen LogP contribution in [0.15, 0.2) is 47.4 Å². The van der Waals surface area contributed by atoms with Crippen LogP contribution in [0, 0.1) is 10.1 Å². The van der Waals surface area contributed by atoms with Crippen LogP contribution < -0.4 is 4.31 Å². The molecule has 2 aromatic carbocycles. The van der Waals surface area contributed by atoms with E-state index in [4.69, 9.17) is 27.9 Å². The number of benzene rings is 2. The first-order valence-electron chi connectivity index (χ1n) is 7.94. The minimum absolute atomic E-state index is 0.0312. The van der Waals surface area contributed by atoms with Crippen molar-refractivity contribution in [2.75, 3.05) is 10.8 Å². The van der Waals surface area contributed by atoms with Crippen LogP contribution >= 0.6 is 23.2 Å². The summed E-state index contributed by atoms with van der Waals surface area (Å²) in [6.45, 7) is 2.49. The third kappa shape index (κ3) is 5.12. The monoisotopic (exact) mass is 446 g/mol. The summed E-state index contributed by atoms with van der Waals surface area (Å²) in [5, 5.41) is 11.5. The molecule has 0 N–H and O–H groups in total. The summed E-state index contributed by atoms with van der Waals surface area (Å²) in [4.78, 5) is 22.1. The number of hydrogen-bond donors (Lipinski definition) is 0. The summed E-state index contributed by atoms with van der Waals surface area (Å²) < 4.78 is 32.2. The van der Waals surface area contributed by atoms with Gasteiger partial charge in [0, 0.05) is 16.1 Å². The van der Waals surface area contributed by atoms with E-state index in [1.54, 1.807) is 13.8 Å². The molecule has 2 aromatic rings. The van der Waals surface area contributed by atoms with Crippen molar-refractivity contribution in [1.29, 1.82) is 0 Å². The summed E-state index contributed by atoms with van der Waals surface area (Å²) in [6, 6.07) is 8.77. The molecule has 11 heteroatoms. The number of nitro groups is 1. The van der Waals surface area contributed by atoms with Gasteiger partial charge in [0.1, 0.15) is 6.54 Å². The van der Waals surface area contributed by atoms with E-state index in [2.05, 4.69) is 0 Å². The minimum atomic E-state index is -4.52. The Kier molecular flexibility index (Phi) is 6.87. The zero-order valence-corrected chi connectivity index (χ0v) is 17.2. The standard InChI is InChI=1S/C17H16Cl2N2O6S/c1-11(2)27-17(22)10-20(14-8-12(18)7-13(19)9-14)28(25,26)16-6-4-3-5-15(16)21(23)24/h3-9,11H,10H2,1-2H3. The Morgan fingerprint density at radius 1 is 1.18 bits per heavy atom. The van der Waals surface area contributed by atoms with Gasteiger partial charge in [0.2, 0.25) is 0 Å². The topological polar surface area (TPSA) is 107 Å². The molecule has 28 heavy (non-hydrogen) atoms. The Morgan fingerprint density at radius 3 is 2.29 bits per heavy atom. The second kappa shape index (κ2) is 8.76. The molecule has 0 amide bonds. The number of carbonyl (C=O) groups excluding carboxylic acids is 1. The van der Waals surface area contributed by atoms with Crippen molar-refractivity contribution >= 4 is 50.6 Å². The van der Waals surface area contributed by atoms with Gasteiger partial charge in [0.05, 0.1) is 16.7 Å². The highest BCUT2D eigenvalue weighted by molar-refractivity contribution is 7.93. The maximum Gasteiger partial charge on any atom is 0.327 e. The van der Waals surface area contributed by atoms with Gasteiger partial charge in [-0.1, -0.05) is 35.3 Å². The van der Waals surface area contributed by atoms with E-state index < -0.39 is 44.1 Å². The molecule has 0 fully saturated rings. The zero-order chi connectivity index (χ0) is 21.1. The third-order valence-corrected chi connectivity index (χ3v) is 5.66. The molecule has 0 aliphatic heterocycles. The Morgan fingerprint density at radius 2 is 1.75 bits per heavy atom. The average Bonchev–Trinajstić information content (AvgIpc) is 2.58. The summed E-state index contributed by atoms with van der Waals surface area (Å²) in [5.74, 6) is -0.840. The van der Waals surface area contributed by atoms with Crippen LogP contribution in [0.2, 0.25) is 10.0 Å². The smallest absolute Gasteiger partial charge is 0.327 e. The molecule has 0 heterocycles. The van der Waals surface area contributed by atoms with Crippen LogP contribution in [0.25, 0.3) is 0 Å². The van der Waals surface area contributed by atoms with Gasteiger partial charge in [-0.25, -0.2) is 8.42 Å². The number of halogens is 2. The van der Waals surface area contributed by atoms with E-state index >= 15 is 0 Å². The molecule has 0 radical (unpaired) electrons. The normalized spacial score (nSPS) is 11.3. The predicted octanol–water partition coefficient (Wildman–Crippen LogP) is 4.05. The highest BCUT2D eigenvalue weighted by Gasteiger charge is 2.33. The van der Waals surface area contributed by atoms with E-state index in [0.717, 1.165) is 12.1 Å². The first-order valence-corrected chi connectivity index (χ1v) is 10.1. The Balaban J connectivity index is 2.63. The third-order valence-electron chi connectivity index (χ3n) is 3.41. The van der Waals surface area contributed by atoms with E-state index in [0.29, 0.717) is 4.31 Å². The Hall–Kier alpha value is -2.36. The quantitative estimate of drug-likeness (QED) is 0.360. The number of nitro benzene ring substituents is 1. The maximum absolute atomic E-state index is 13.2. The molecule has 0 bridgehead atoms. The van der Waals surface area contributed by atoms with Crippen molar-refractivity contribution in [3.8, 4) is 0 Å². The van der Waals surface area contributed by atoms with E-state index in [9.17, 15) is 23.3 Å². The number of carbonyl (C=O) groups is 1. The fraction of sp³-hybridized carbons (Fsp3) is 0.235. The van der Waals surface area contributed by atoms with Gasteiger partial charge in [-0.3, -0.25) is 19.2 Å². The molecule has 0 aliphatic rings. The number of hydrogen-bond acceptors (Lipinski definition) is 6. The van der Waals surface area contributed by atoms with E-state index in [1.807, 2.05) is 0 Å². The van der Waals surface area contributed by atoms with Gasteiger partial charge in [-0.2, -0.15) is 0 Å². The van der Waals surface area contributed by atoms with Gasteiger partial charge >= 0.3 is 5.97 Å². The van der Waals surface area contributed by atoms with Crippen molar-refractivity contribution in [2.24, 2.45) is 0 Å². The van der Waals surface area contributed by atoms with E-state index in [1.165, 1.54) is 30.3 Å². The Bertz CT molecular complexity index is 990. The maximum atomic E-state index is 13.2. The summed E-state index contributed by atoms with van der Waals surface area (Å²) in [5.41, 5.74) is -0.658. The lowest BCUT2D eigenvalue weighted by Crippen LogP contribution is -2.37. The number of sulfonamides is 1. The van der Waals surface area contributed by atoms with Crippen LogP contribution in [-0.4, -0.2) is 32.0 Å². The highest BCUT2D eigenvalue weighted by atomic mass is 35.5. The van der Waals surface area contributed by atoms with Gasteiger partial charge in [0.25, 0.3) is 15.7 Å². The largest absolute Gasteiger partial charge is 0.462 e. The number of anilines is 1. The molecule has 2 rings (SSSR count). The van der Waals surface area contributed by atoms with Crippen molar-refractivity contribution in [2.45, 2.75) is 24.8 Å². The first-order chi connectivity index (χ1) is 13.0. The molecule has 0 unspecified atom stereocenters. The fourth-order valence-corrected chi connectivity index (χ4v) is 4.43. The van der Waals surface area contributed by atoms with Crippen LogP contribution in [-0.2, 0) is 19.6 Å². The SMILES string of the molecule is CC(C)OC(=O)CN(c1cc(Cl)cc(Cl)c1)S(=O)(=O)c1ccccc1[N+](=O)[O-]. The lowest BCUT2D eigenvalue weighted by Gasteiger charge is -2.24. The van der Waals surface area contributed by atoms with Gasteiger partial charge in [-0.05, 0) is 38.1 Å². The zero-order valence-electron chi connectivity index (χ0n) is 14.8. The fourth-order valence-electron chi connectivity index (χ4n) is 2.36. The lowest BCUT2D eigenvalue weighted by molar-refractivity contribution is -0.387. The van der Waals surface area contributed by atoms with Gasteiger partial charge in [-0.15, -0.1) is 0 Å². The molecule has 8 nitrogen and oxygen atoms in total. The second-order valence-electron chi connectivity index (χ2n) is 5.90. The average molecular weight is 447 g/mol. The molecule has 0 saturated carbocycles. The van der Waals surface area contributed by atoms with Gasteiger partial charge < -0.3 is 4.74 Å². The molecular formula is C17H16Cl2N2O6S. The van der Waals surface area contributed by atoms with Crippen molar-refractivity contribution < 1.29 is 22.9 Å². The number of nitrogens with zero attached hydrogens (tertiary/aromatic N) is 2. The number of esters is 1. The summed E-state index contributed by atoms with van der Waals surface area (Å²) in [6.07, 6.45) is -0.480. The molecule has 0 atom stereocenters. The van der Waals surface area contributed by atoms with E-state index in [-0.39, 0.29) is 15.7 Å². The number of rotatable bonds is 7. The first kappa shape index (κ1) is 21.9. The molecule has 0 spiro atoms. The Labute approximate surface area is 171 Å². The van der Waals surface area contributed by atoms with Crippen LogP contribution in [0.4, 0.5) is 11.4 Å². The number of ether oxygens (including phenoxy) is 1. The van der Waals surface area contributed by atoms with Crippen LogP contribution in [0.5, 0.6) is 0 Å². The lowest BCUT2D eigenvalue weighted by atomic mass is 10.3. The number of para-hydroxylation sites is 1. The summed E-state index contributed by atoms with van der Waals surface area (Å²) in [7, 11) is -4.52. The van der Waals surface area contributed by atoms with Crippen LogP contribution in [0.3, 0.4) is 0 Å². The molecule has 0 aliphatic carbocycles. The predicted molar refractivity (Wildman–Crippen MR) is 105 cm³/mol.